The number of rotatable bonds is 4. The van der Waals surface area contributed by atoms with Crippen molar-refractivity contribution < 1.29 is 4.79 Å². The summed E-state index contributed by atoms with van der Waals surface area (Å²) in [5, 5.41) is 0. The zero-order valence-electron chi connectivity index (χ0n) is 11.1. The molecule has 0 saturated carbocycles. The van der Waals surface area contributed by atoms with E-state index in [-0.39, 0.29) is 11.8 Å². The Morgan fingerprint density at radius 2 is 2.06 bits per heavy atom. The first-order chi connectivity index (χ1) is 7.91. The lowest BCUT2D eigenvalue weighted by Gasteiger charge is -2.23. The SMILES string of the molecule is Cc1cccc(CN(C)C(=O)C(N)C(C)C)c1. The lowest BCUT2D eigenvalue weighted by Crippen LogP contribution is -2.44. The van der Waals surface area contributed by atoms with Gasteiger partial charge < -0.3 is 10.6 Å². The standard InChI is InChI=1S/C14H22N2O/c1-10(2)13(15)14(17)16(4)9-12-7-5-6-11(3)8-12/h5-8,10,13H,9,15H2,1-4H3. The van der Waals surface area contributed by atoms with E-state index in [2.05, 4.69) is 6.07 Å². The molecule has 1 atom stereocenters. The van der Waals surface area contributed by atoms with Gasteiger partial charge in [-0.1, -0.05) is 43.7 Å². The number of benzene rings is 1. The van der Waals surface area contributed by atoms with Crippen LogP contribution >= 0.6 is 0 Å². The Morgan fingerprint density at radius 1 is 1.41 bits per heavy atom. The first kappa shape index (κ1) is 13.7. The van der Waals surface area contributed by atoms with Crippen molar-refractivity contribution in [1.29, 1.82) is 0 Å². The second-order valence-electron chi connectivity index (χ2n) is 4.95. The van der Waals surface area contributed by atoms with E-state index in [0.29, 0.717) is 6.54 Å². The minimum Gasteiger partial charge on any atom is -0.340 e. The molecule has 0 aliphatic carbocycles. The molecular formula is C14H22N2O. The van der Waals surface area contributed by atoms with Gasteiger partial charge in [-0.05, 0) is 18.4 Å². The molecule has 0 spiro atoms. The first-order valence-electron chi connectivity index (χ1n) is 5.98. The van der Waals surface area contributed by atoms with Gasteiger partial charge in [0.2, 0.25) is 5.91 Å². The molecule has 0 heterocycles. The molecule has 0 saturated heterocycles. The number of carbonyl (C=O) groups is 1. The summed E-state index contributed by atoms with van der Waals surface area (Å²) in [5.41, 5.74) is 8.19. The smallest absolute Gasteiger partial charge is 0.239 e. The minimum atomic E-state index is -0.412. The lowest BCUT2D eigenvalue weighted by atomic mass is 10.0. The van der Waals surface area contributed by atoms with Crippen molar-refractivity contribution in [2.45, 2.75) is 33.4 Å². The second kappa shape index (κ2) is 5.82. The van der Waals surface area contributed by atoms with Crippen LogP contribution in [0.3, 0.4) is 0 Å². The third-order valence-corrected chi connectivity index (χ3v) is 2.88. The van der Waals surface area contributed by atoms with E-state index in [4.69, 9.17) is 5.73 Å². The predicted molar refractivity (Wildman–Crippen MR) is 70.5 cm³/mol. The van der Waals surface area contributed by atoms with Crippen molar-refractivity contribution in [2.75, 3.05) is 7.05 Å². The maximum atomic E-state index is 12.0. The minimum absolute atomic E-state index is 0.00139. The number of nitrogens with zero attached hydrogens (tertiary/aromatic N) is 1. The van der Waals surface area contributed by atoms with Gasteiger partial charge in [-0.25, -0.2) is 0 Å². The predicted octanol–water partition coefficient (Wildman–Crippen LogP) is 1.94. The molecule has 0 aliphatic rings. The Bertz CT molecular complexity index is 388. The van der Waals surface area contributed by atoms with Gasteiger partial charge in [-0.3, -0.25) is 4.79 Å². The van der Waals surface area contributed by atoms with E-state index in [9.17, 15) is 4.79 Å². The number of likely N-dealkylation sites (N-methyl/N-ethyl adjacent to an activating group) is 1. The average molecular weight is 234 g/mol. The first-order valence-corrected chi connectivity index (χ1v) is 5.98. The van der Waals surface area contributed by atoms with E-state index in [1.165, 1.54) is 5.56 Å². The number of carbonyl (C=O) groups excluding carboxylic acids is 1. The monoisotopic (exact) mass is 234 g/mol. The summed E-state index contributed by atoms with van der Waals surface area (Å²) >= 11 is 0. The molecule has 3 nitrogen and oxygen atoms in total. The molecule has 0 bridgehead atoms. The van der Waals surface area contributed by atoms with Gasteiger partial charge in [0.25, 0.3) is 0 Å². The highest BCUT2D eigenvalue weighted by molar-refractivity contribution is 5.81. The van der Waals surface area contributed by atoms with Gasteiger partial charge in [0.05, 0.1) is 6.04 Å². The zero-order chi connectivity index (χ0) is 13.0. The molecule has 17 heavy (non-hydrogen) atoms. The Morgan fingerprint density at radius 3 is 2.59 bits per heavy atom. The van der Waals surface area contributed by atoms with Gasteiger partial charge in [0.1, 0.15) is 0 Å². The van der Waals surface area contributed by atoms with Crippen LogP contribution in [0.25, 0.3) is 0 Å². The Balaban J connectivity index is 2.66. The molecule has 2 N–H and O–H groups in total. The largest absolute Gasteiger partial charge is 0.340 e. The van der Waals surface area contributed by atoms with E-state index in [1.54, 1.807) is 11.9 Å². The molecule has 1 aromatic carbocycles. The van der Waals surface area contributed by atoms with E-state index >= 15 is 0 Å². The zero-order valence-corrected chi connectivity index (χ0v) is 11.1. The van der Waals surface area contributed by atoms with E-state index in [0.717, 1.165) is 5.56 Å². The lowest BCUT2D eigenvalue weighted by molar-refractivity contribution is -0.132. The Hall–Kier alpha value is -1.35. The molecule has 0 fully saturated rings. The average Bonchev–Trinajstić information content (AvgIpc) is 2.26. The third kappa shape index (κ3) is 3.86. The highest BCUT2D eigenvalue weighted by Crippen LogP contribution is 2.09. The molecule has 3 heteroatoms. The fourth-order valence-electron chi connectivity index (χ4n) is 1.70. The van der Waals surface area contributed by atoms with Crippen LogP contribution in [0.2, 0.25) is 0 Å². The van der Waals surface area contributed by atoms with Crippen molar-refractivity contribution in [3.63, 3.8) is 0 Å². The fraction of sp³-hybridized carbons (Fsp3) is 0.500. The number of aryl methyl sites for hydroxylation is 1. The summed E-state index contributed by atoms with van der Waals surface area (Å²) in [6.45, 7) is 6.58. The summed E-state index contributed by atoms with van der Waals surface area (Å²) in [6, 6.07) is 7.75. The maximum Gasteiger partial charge on any atom is 0.239 e. The molecule has 0 aromatic heterocycles. The van der Waals surface area contributed by atoms with Crippen LogP contribution in [-0.2, 0) is 11.3 Å². The summed E-state index contributed by atoms with van der Waals surface area (Å²) in [6.07, 6.45) is 0. The van der Waals surface area contributed by atoms with E-state index in [1.807, 2.05) is 39.0 Å². The molecular weight excluding hydrogens is 212 g/mol. The van der Waals surface area contributed by atoms with Gasteiger partial charge in [0, 0.05) is 13.6 Å². The molecule has 1 rings (SSSR count). The number of hydrogen-bond acceptors (Lipinski definition) is 2. The number of nitrogens with two attached hydrogens (primary N) is 1. The highest BCUT2D eigenvalue weighted by atomic mass is 16.2. The van der Waals surface area contributed by atoms with Crippen LogP contribution in [0.5, 0.6) is 0 Å². The summed E-state index contributed by atoms with van der Waals surface area (Å²) in [7, 11) is 1.80. The third-order valence-electron chi connectivity index (χ3n) is 2.88. The molecule has 0 aliphatic heterocycles. The van der Waals surface area contributed by atoms with Crippen molar-refractivity contribution in [2.24, 2.45) is 11.7 Å². The van der Waals surface area contributed by atoms with Gasteiger partial charge in [-0.15, -0.1) is 0 Å². The van der Waals surface area contributed by atoms with Crippen LogP contribution in [-0.4, -0.2) is 23.9 Å². The van der Waals surface area contributed by atoms with Crippen LogP contribution in [0.4, 0.5) is 0 Å². The Kier molecular flexibility index (Phi) is 4.70. The summed E-state index contributed by atoms with van der Waals surface area (Å²) in [4.78, 5) is 13.7. The van der Waals surface area contributed by atoms with Crippen molar-refractivity contribution in [1.82, 2.24) is 4.90 Å². The number of hydrogen-bond donors (Lipinski definition) is 1. The molecule has 1 unspecified atom stereocenters. The topological polar surface area (TPSA) is 46.3 Å². The fourth-order valence-corrected chi connectivity index (χ4v) is 1.70. The summed E-state index contributed by atoms with van der Waals surface area (Å²) in [5.74, 6) is 0.170. The van der Waals surface area contributed by atoms with E-state index < -0.39 is 6.04 Å². The van der Waals surface area contributed by atoms with Gasteiger partial charge in [0.15, 0.2) is 0 Å². The highest BCUT2D eigenvalue weighted by Gasteiger charge is 2.20. The van der Waals surface area contributed by atoms with Crippen molar-refractivity contribution >= 4 is 5.91 Å². The summed E-state index contributed by atoms with van der Waals surface area (Å²) < 4.78 is 0. The quantitative estimate of drug-likeness (QED) is 0.865. The molecule has 1 aromatic rings. The van der Waals surface area contributed by atoms with Crippen LogP contribution in [0, 0.1) is 12.8 Å². The normalized spacial score (nSPS) is 12.6. The molecule has 0 radical (unpaired) electrons. The number of amides is 1. The van der Waals surface area contributed by atoms with Crippen LogP contribution < -0.4 is 5.73 Å². The van der Waals surface area contributed by atoms with Crippen LogP contribution in [0.15, 0.2) is 24.3 Å². The maximum absolute atomic E-state index is 12.0. The molecule has 94 valence electrons. The van der Waals surface area contributed by atoms with Crippen molar-refractivity contribution in [3.8, 4) is 0 Å². The second-order valence-corrected chi connectivity index (χ2v) is 4.95. The van der Waals surface area contributed by atoms with Gasteiger partial charge >= 0.3 is 0 Å². The Labute approximate surface area is 104 Å². The van der Waals surface area contributed by atoms with Crippen LogP contribution in [0.1, 0.15) is 25.0 Å². The van der Waals surface area contributed by atoms with Gasteiger partial charge in [-0.2, -0.15) is 0 Å². The molecule has 1 amide bonds. The van der Waals surface area contributed by atoms with Crippen molar-refractivity contribution in [3.05, 3.63) is 35.4 Å².